The monoisotopic (exact) mass is 417 g/mol. The maximum absolute atomic E-state index is 5.75. The summed E-state index contributed by atoms with van der Waals surface area (Å²) < 4.78 is 9.65. The van der Waals surface area contributed by atoms with Gasteiger partial charge in [-0.1, -0.05) is 18.2 Å². The summed E-state index contributed by atoms with van der Waals surface area (Å²) in [5.74, 6) is 0.690. The van der Waals surface area contributed by atoms with E-state index in [0.717, 1.165) is 42.0 Å². The standard InChI is InChI=1S/C21H19N7OS/c30-21-25-24-20(18-7-4-12-29-18)28(21)23-13-16-14-27(17-5-2-1-3-6-17)26-19(16)15-8-10-22-11-9-15/h1-3,5-6,8-11,13-14,18H,4,7,12H2,(H,25,30)/b23-13-/t18-/m0/s1. The molecule has 0 spiro atoms. The topological polar surface area (TPSA) is 85.9 Å². The highest BCUT2D eigenvalue weighted by Gasteiger charge is 2.23. The van der Waals surface area contributed by atoms with Gasteiger partial charge in [0.25, 0.3) is 0 Å². The van der Waals surface area contributed by atoms with Gasteiger partial charge < -0.3 is 4.74 Å². The summed E-state index contributed by atoms with van der Waals surface area (Å²) in [5, 5.41) is 16.5. The molecule has 1 aliphatic heterocycles. The summed E-state index contributed by atoms with van der Waals surface area (Å²) >= 11 is 5.38. The van der Waals surface area contributed by atoms with Crippen molar-refractivity contribution in [3.63, 3.8) is 0 Å². The maximum atomic E-state index is 5.75. The van der Waals surface area contributed by atoms with Gasteiger partial charge in [-0.25, -0.2) is 4.68 Å². The molecular formula is C21H19N7OS. The first-order valence-corrected chi connectivity index (χ1v) is 10.1. The zero-order valence-electron chi connectivity index (χ0n) is 16.0. The number of hydrogen-bond donors (Lipinski definition) is 1. The minimum Gasteiger partial charge on any atom is -0.370 e. The van der Waals surface area contributed by atoms with Crippen LogP contribution in [-0.4, -0.2) is 42.5 Å². The molecular weight excluding hydrogens is 398 g/mol. The van der Waals surface area contributed by atoms with Crippen molar-refractivity contribution in [2.75, 3.05) is 6.61 Å². The highest BCUT2D eigenvalue weighted by atomic mass is 32.1. The van der Waals surface area contributed by atoms with Crippen LogP contribution >= 0.6 is 12.2 Å². The van der Waals surface area contributed by atoms with Crippen molar-refractivity contribution >= 4 is 18.4 Å². The van der Waals surface area contributed by atoms with Gasteiger partial charge in [-0.3, -0.25) is 10.1 Å². The summed E-state index contributed by atoms with van der Waals surface area (Å²) in [6.45, 7) is 0.726. The molecule has 1 aliphatic rings. The van der Waals surface area contributed by atoms with E-state index in [-0.39, 0.29) is 6.10 Å². The Hall–Kier alpha value is -3.43. The summed E-state index contributed by atoms with van der Waals surface area (Å²) in [6, 6.07) is 13.8. The van der Waals surface area contributed by atoms with Crippen LogP contribution in [0.2, 0.25) is 0 Å². The lowest BCUT2D eigenvalue weighted by molar-refractivity contribution is 0.102. The Balaban J connectivity index is 1.57. The Bertz CT molecular complexity index is 1220. The SMILES string of the molecule is S=c1[nH]nc([C@@H]2CCCO2)n1/N=C\c1cn(-c2ccccc2)nc1-c1ccncc1. The molecule has 30 heavy (non-hydrogen) atoms. The molecule has 0 bridgehead atoms. The van der Waals surface area contributed by atoms with Gasteiger partial charge >= 0.3 is 0 Å². The van der Waals surface area contributed by atoms with E-state index in [9.17, 15) is 0 Å². The van der Waals surface area contributed by atoms with Gasteiger partial charge in [0.15, 0.2) is 5.82 Å². The minimum absolute atomic E-state index is 0.0955. The normalized spacial score (nSPS) is 16.5. The molecule has 1 fully saturated rings. The maximum Gasteiger partial charge on any atom is 0.216 e. The van der Waals surface area contributed by atoms with Crippen molar-refractivity contribution < 1.29 is 4.74 Å². The molecule has 8 nitrogen and oxygen atoms in total. The highest BCUT2D eigenvalue weighted by molar-refractivity contribution is 7.71. The molecule has 0 unspecified atom stereocenters. The average molecular weight is 417 g/mol. The van der Waals surface area contributed by atoms with E-state index in [1.165, 1.54) is 0 Å². The largest absolute Gasteiger partial charge is 0.370 e. The number of benzene rings is 1. The number of aromatic amines is 1. The van der Waals surface area contributed by atoms with Gasteiger partial charge in [0, 0.05) is 36.3 Å². The lowest BCUT2D eigenvalue weighted by Gasteiger charge is -2.07. The predicted octanol–water partition coefficient (Wildman–Crippen LogP) is 3.92. The Morgan fingerprint density at radius 2 is 2.00 bits per heavy atom. The first kappa shape index (κ1) is 18.6. The summed E-state index contributed by atoms with van der Waals surface area (Å²) in [7, 11) is 0. The van der Waals surface area contributed by atoms with Gasteiger partial charge in [0.05, 0.1) is 11.9 Å². The third kappa shape index (κ3) is 3.60. The molecule has 0 radical (unpaired) electrons. The number of hydrogen-bond acceptors (Lipinski definition) is 6. The Morgan fingerprint density at radius 3 is 2.77 bits per heavy atom. The fourth-order valence-corrected chi connectivity index (χ4v) is 3.64. The second-order valence-electron chi connectivity index (χ2n) is 6.89. The van der Waals surface area contributed by atoms with Crippen LogP contribution in [0.25, 0.3) is 16.9 Å². The Kier molecular flexibility index (Phi) is 5.04. The number of pyridine rings is 1. The highest BCUT2D eigenvalue weighted by Crippen LogP contribution is 2.27. The number of nitrogens with one attached hydrogen (secondary N) is 1. The average Bonchev–Trinajstić information content (AvgIpc) is 3.54. The van der Waals surface area contributed by atoms with Crippen LogP contribution < -0.4 is 0 Å². The summed E-state index contributed by atoms with van der Waals surface area (Å²) in [6.07, 6.45) is 9.02. The van der Waals surface area contributed by atoms with Crippen LogP contribution in [0.15, 0.2) is 66.2 Å². The van der Waals surface area contributed by atoms with Gasteiger partial charge in [0.1, 0.15) is 11.8 Å². The second-order valence-corrected chi connectivity index (χ2v) is 7.28. The number of nitrogens with zero attached hydrogens (tertiary/aromatic N) is 6. The van der Waals surface area contributed by atoms with Crippen molar-refractivity contribution in [2.45, 2.75) is 18.9 Å². The fourth-order valence-electron chi connectivity index (χ4n) is 3.45. The summed E-state index contributed by atoms with van der Waals surface area (Å²) in [4.78, 5) is 4.11. The van der Waals surface area contributed by atoms with E-state index in [0.29, 0.717) is 10.6 Å². The molecule has 1 atom stereocenters. The molecule has 1 N–H and O–H groups in total. The minimum atomic E-state index is -0.0955. The molecule has 0 aliphatic carbocycles. The Labute approximate surface area is 177 Å². The zero-order chi connectivity index (χ0) is 20.3. The van der Waals surface area contributed by atoms with Crippen molar-refractivity contribution in [1.29, 1.82) is 0 Å². The van der Waals surface area contributed by atoms with Crippen LogP contribution in [0.5, 0.6) is 0 Å². The zero-order valence-corrected chi connectivity index (χ0v) is 16.9. The number of para-hydroxylation sites is 1. The van der Waals surface area contributed by atoms with Crippen molar-refractivity contribution in [3.05, 3.63) is 77.2 Å². The van der Waals surface area contributed by atoms with Crippen LogP contribution in [-0.2, 0) is 4.74 Å². The summed E-state index contributed by atoms with van der Waals surface area (Å²) in [5.41, 5.74) is 3.58. The molecule has 1 aromatic carbocycles. The molecule has 4 heterocycles. The molecule has 3 aromatic heterocycles. The predicted molar refractivity (Wildman–Crippen MR) is 115 cm³/mol. The third-order valence-electron chi connectivity index (χ3n) is 4.92. The van der Waals surface area contributed by atoms with E-state index in [2.05, 4.69) is 20.3 Å². The van der Waals surface area contributed by atoms with E-state index in [4.69, 9.17) is 22.1 Å². The van der Waals surface area contributed by atoms with Gasteiger partial charge in [-0.2, -0.15) is 20.0 Å². The second kappa shape index (κ2) is 8.13. The number of H-pyrrole nitrogens is 1. The molecule has 4 aromatic rings. The smallest absolute Gasteiger partial charge is 0.216 e. The van der Waals surface area contributed by atoms with Crippen molar-refractivity contribution in [3.8, 4) is 16.9 Å². The van der Waals surface area contributed by atoms with Crippen molar-refractivity contribution in [2.24, 2.45) is 5.10 Å². The lowest BCUT2D eigenvalue weighted by Crippen LogP contribution is -2.05. The number of aromatic nitrogens is 6. The lowest BCUT2D eigenvalue weighted by atomic mass is 10.1. The molecule has 9 heteroatoms. The number of ether oxygens (including phenoxy) is 1. The van der Waals surface area contributed by atoms with Crippen LogP contribution in [0.3, 0.4) is 0 Å². The molecule has 150 valence electrons. The van der Waals surface area contributed by atoms with Crippen LogP contribution in [0.1, 0.15) is 30.3 Å². The van der Waals surface area contributed by atoms with Gasteiger partial charge in [-0.05, 0) is 49.3 Å². The molecule has 0 amide bonds. The van der Waals surface area contributed by atoms with E-state index in [1.807, 2.05) is 53.3 Å². The van der Waals surface area contributed by atoms with Gasteiger partial charge in [0.2, 0.25) is 4.77 Å². The third-order valence-corrected chi connectivity index (χ3v) is 5.19. The van der Waals surface area contributed by atoms with Crippen LogP contribution in [0, 0.1) is 4.77 Å². The molecule has 5 rings (SSSR count). The van der Waals surface area contributed by atoms with E-state index < -0.39 is 0 Å². The first-order valence-electron chi connectivity index (χ1n) is 9.68. The molecule has 1 saturated heterocycles. The van der Waals surface area contributed by atoms with E-state index in [1.54, 1.807) is 23.3 Å². The first-order chi connectivity index (χ1) is 14.8. The van der Waals surface area contributed by atoms with E-state index >= 15 is 0 Å². The van der Waals surface area contributed by atoms with Crippen molar-refractivity contribution in [1.82, 2.24) is 29.6 Å². The number of rotatable bonds is 5. The Morgan fingerprint density at radius 1 is 1.17 bits per heavy atom. The quantitative estimate of drug-likeness (QED) is 0.393. The fraction of sp³-hybridized carbons (Fsp3) is 0.190. The molecule has 0 saturated carbocycles. The van der Waals surface area contributed by atoms with Crippen LogP contribution in [0.4, 0.5) is 0 Å². The van der Waals surface area contributed by atoms with Gasteiger partial charge in [-0.15, -0.1) is 0 Å².